The highest BCUT2D eigenvalue weighted by molar-refractivity contribution is 6.52. The minimum Gasteiger partial charge on any atom is -0.507 e. The molecule has 2 heterocycles. The van der Waals surface area contributed by atoms with Gasteiger partial charge in [-0.05, 0) is 48.5 Å². The number of fused-ring (bicyclic) bond motifs is 1. The number of nitrogens with zero attached hydrogens (tertiary/aromatic N) is 2. The van der Waals surface area contributed by atoms with Crippen LogP contribution >= 0.6 is 11.6 Å². The van der Waals surface area contributed by atoms with E-state index >= 15 is 0 Å². The number of ether oxygens (including phenoxy) is 1. The van der Waals surface area contributed by atoms with Gasteiger partial charge in [0, 0.05) is 53.2 Å². The number of para-hydroxylation sites is 1. The van der Waals surface area contributed by atoms with Crippen molar-refractivity contribution < 1.29 is 19.4 Å². The van der Waals surface area contributed by atoms with Crippen LogP contribution in [0.2, 0.25) is 5.02 Å². The van der Waals surface area contributed by atoms with Gasteiger partial charge in [-0.1, -0.05) is 29.8 Å². The summed E-state index contributed by atoms with van der Waals surface area (Å²) in [5.41, 5.74) is 3.21. The summed E-state index contributed by atoms with van der Waals surface area (Å²) in [4.78, 5) is 33.6. The maximum absolute atomic E-state index is 13.5. The molecule has 0 spiro atoms. The number of carbonyl (C=O) groups is 2. The van der Waals surface area contributed by atoms with E-state index in [-0.39, 0.29) is 16.9 Å². The minimum atomic E-state index is -0.880. The van der Waals surface area contributed by atoms with Gasteiger partial charge in [0.1, 0.15) is 11.5 Å². The molecule has 1 saturated heterocycles. The summed E-state index contributed by atoms with van der Waals surface area (Å²) in [5.74, 6) is -1.54. The Morgan fingerprint density at radius 1 is 1.06 bits per heavy atom. The number of ketones is 1. The largest absolute Gasteiger partial charge is 0.507 e. The molecular weight excluding hydrogens is 478 g/mol. The number of amides is 1. The SMILES string of the molecule is COc1ccc(Cl)cc1/C(O)=C1\C(=O)C(=O)N(c2ccc(N(C)C)cc2)C1c1c[nH]c2ccccc12. The summed E-state index contributed by atoms with van der Waals surface area (Å²) in [5, 5.41) is 12.7. The Bertz CT molecular complexity index is 1520. The third kappa shape index (κ3) is 3.78. The number of aromatic amines is 1. The molecule has 1 unspecified atom stereocenters. The van der Waals surface area contributed by atoms with Crippen molar-refractivity contribution in [2.24, 2.45) is 0 Å². The van der Waals surface area contributed by atoms with Gasteiger partial charge in [-0.25, -0.2) is 0 Å². The molecule has 7 nitrogen and oxygen atoms in total. The number of anilines is 2. The van der Waals surface area contributed by atoms with E-state index in [1.165, 1.54) is 18.1 Å². The smallest absolute Gasteiger partial charge is 0.300 e. The second-order valence-electron chi connectivity index (χ2n) is 8.71. The molecule has 5 rings (SSSR count). The minimum absolute atomic E-state index is 0.0398. The van der Waals surface area contributed by atoms with Crippen LogP contribution in [-0.2, 0) is 9.59 Å². The fourth-order valence-electron chi connectivity index (χ4n) is 4.63. The lowest BCUT2D eigenvalue weighted by atomic mass is 9.94. The third-order valence-corrected chi connectivity index (χ3v) is 6.66. The first-order valence-electron chi connectivity index (χ1n) is 11.3. The van der Waals surface area contributed by atoms with E-state index in [0.29, 0.717) is 22.0 Å². The van der Waals surface area contributed by atoms with Gasteiger partial charge in [0.2, 0.25) is 0 Å². The number of hydrogen-bond donors (Lipinski definition) is 2. The van der Waals surface area contributed by atoms with Gasteiger partial charge in [0.15, 0.2) is 0 Å². The Morgan fingerprint density at radius 2 is 1.78 bits per heavy atom. The van der Waals surface area contributed by atoms with Gasteiger partial charge in [-0.15, -0.1) is 0 Å². The maximum Gasteiger partial charge on any atom is 0.300 e. The van der Waals surface area contributed by atoms with E-state index in [1.807, 2.05) is 55.4 Å². The zero-order chi connectivity index (χ0) is 25.6. The molecule has 0 aliphatic carbocycles. The fourth-order valence-corrected chi connectivity index (χ4v) is 4.81. The Kier molecular flexibility index (Phi) is 5.94. The molecule has 1 aliphatic heterocycles. The fraction of sp³-hybridized carbons (Fsp3) is 0.143. The van der Waals surface area contributed by atoms with Crippen LogP contribution in [0.1, 0.15) is 17.2 Å². The number of carbonyl (C=O) groups excluding carboxylic acids is 2. The summed E-state index contributed by atoms with van der Waals surface area (Å²) in [6.45, 7) is 0. The van der Waals surface area contributed by atoms with Crippen molar-refractivity contribution in [3.05, 3.63) is 94.6 Å². The summed E-state index contributed by atoms with van der Waals surface area (Å²) < 4.78 is 5.41. The third-order valence-electron chi connectivity index (χ3n) is 6.42. The Balaban J connectivity index is 1.77. The summed E-state index contributed by atoms with van der Waals surface area (Å²) >= 11 is 6.21. The average Bonchev–Trinajstić information content (AvgIpc) is 3.42. The summed E-state index contributed by atoms with van der Waals surface area (Å²) in [6.07, 6.45) is 1.77. The van der Waals surface area contributed by atoms with Gasteiger partial charge >= 0.3 is 0 Å². The molecular formula is C28H24ClN3O4. The normalized spacial score (nSPS) is 17.1. The molecule has 1 aliphatic rings. The molecule has 0 bridgehead atoms. The average molecular weight is 502 g/mol. The van der Waals surface area contributed by atoms with Crippen molar-refractivity contribution in [3.63, 3.8) is 0 Å². The van der Waals surface area contributed by atoms with Gasteiger partial charge in [-0.2, -0.15) is 0 Å². The number of benzene rings is 3. The number of aliphatic hydroxyl groups excluding tert-OH is 1. The number of methoxy groups -OCH3 is 1. The second-order valence-corrected chi connectivity index (χ2v) is 9.15. The van der Waals surface area contributed by atoms with Crippen LogP contribution in [0.3, 0.4) is 0 Å². The molecule has 8 heteroatoms. The lowest BCUT2D eigenvalue weighted by Gasteiger charge is -2.25. The Labute approximate surface area is 213 Å². The molecule has 2 N–H and O–H groups in total. The van der Waals surface area contributed by atoms with Crippen LogP contribution in [0, 0.1) is 0 Å². The molecule has 182 valence electrons. The first-order chi connectivity index (χ1) is 17.3. The van der Waals surface area contributed by atoms with Crippen LogP contribution in [0.25, 0.3) is 16.7 Å². The van der Waals surface area contributed by atoms with E-state index in [9.17, 15) is 14.7 Å². The molecule has 3 aromatic carbocycles. The lowest BCUT2D eigenvalue weighted by Crippen LogP contribution is -2.29. The van der Waals surface area contributed by atoms with Gasteiger partial charge in [0.05, 0.1) is 24.3 Å². The summed E-state index contributed by atoms with van der Waals surface area (Å²) in [7, 11) is 5.30. The van der Waals surface area contributed by atoms with Gasteiger partial charge < -0.3 is 19.7 Å². The zero-order valence-corrected chi connectivity index (χ0v) is 20.7. The van der Waals surface area contributed by atoms with E-state index in [1.54, 1.807) is 30.5 Å². The van der Waals surface area contributed by atoms with Crippen molar-refractivity contribution in [1.29, 1.82) is 0 Å². The first kappa shape index (κ1) is 23.5. The van der Waals surface area contributed by atoms with Gasteiger partial charge in [-0.3, -0.25) is 14.5 Å². The van der Waals surface area contributed by atoms with Crippen molar-refractivity contribution in [3.8, 4) is 5.75 Å². The van der Waals surface area contributed by atoms with Crippen LogP contribution < -0.4 is 14.5 Å². The Hall–Kier alpha value is -4.23. The number of halogens is 1. The number of hydrogen-bond acceptors (Lipinski definition) is 5. The monoisotopic (exact) mass is 501 g/mol. The van der Waals surface area contributed by atoms with Crippen molar-refractivity contribution >= 4 is 51.3 Å². The van der Waals surface area contributed by atoms with Gasteiger partial charge in [0.25, 0.3) is 11.7 Å². The van der Waals surface area contributed by atoms with Crippen LogP contribution in [0.15, 0.2) is 78.5 Å². The highest BCUT2D eigenvalue weighted by Gasteiger charge is 2.48. The van der Waals surface area contributed by atoms with Crippen molar-refractivity contribution in [2.45, 2.75) is 6.04 Å². The van der Waals surface area contributed by atoms with Crippen molar-refractivity contribution in [2.75, 3.05) is 31.0 Å². The van der Waals surface area contributed by atoms with Crippen LogP contribution in [-0.4, -0.2) is 43.0 Å². The molecule has 1 fully saturated rings. The number of nitrogens with one attached hydrogen (secondary N) is 1. The van der Waals surface area contributed by atoms with E-state index in [0.717, 1.165) is 16.6 Å². The molecule has 1 atom stereocenters. The van der Waals surface area contributed by atoms with Crippen LogP contribution in [0.5, 0.6) is 5.75 Å². The van der Waals surface area contributed by atoms with E-state index < -0.39 is 17.7 Å². The molecule has 4 aromatic rings. The quantitative estimate of drug-likeness (QED) is 0.213. The first-order valence-corrected chi connectivity index (χ1v) is 11.7. The number of aromatic nitrogens is 1. The number of aliphatic hydroxyl groups is 1. The number of H-pyrrole nitrogens is 1. The number of Topliss-reactive ketones (excluding diaryl/α,β-unsaturated/α-hetero) is 1. The van der Waals surface area contributed by atoms with E-state index in [2.05, 4.69) is 4.98 Å². The zero-order valence-electron chi connectivity index (χ0n) is 19.9. The standard InChI is InChI=1S/C28H24ClN3O4/c1-31(2)17-9-11-18(12-10-17)32-25(21-15-30-22-7-5-4-6-19(21)22)24(27(34)28(32)35)26(33)20-14-16(29)8-13-23(20)36-3/h4-15,25,30,33H,1-3H3/b26-24+. The highest BCUT2D eigenvalue weighted by Crippen LogP contribution is 2.45. The molecule has 1 amide bonds. The Morgan fingerprint density at radius 3 is 2.47 bits per heavy atom. The topological polar surface area (TPSA) is 85.9 Å². The maximum atomic E-state index is 13.5. The second kappa shape index (κ2) is 9.09. The van der Waals surface area contributed by atoms with Crippen molar-refractivity contribution in [1.82, 2.24) is 4.98 Å². The molecule has 36 heavy (non-hydrogen) atoms. The molecule has 0 radical (unpaired) electrons. The predicted molar refractivity (Wildman–Crippen MR) is 142 cm³/mol. The predicted octanol–water partition coefficient (Wildman–Crippen LogP) is 5.52. The lowest BCUT2D eigenvalue weighted by molar-refractivity contribution is -0.132. The molecule has 1 aromatic heterocycles. The highest BCUT2D eigenvalue weighted by atomic mass is 35.5. The van der Waals surface area contributed by atoms with Crippen LogP contribution in [0.4, 0.5) is 11.4 Å². The van der Waals surface area contributed by atoms with E-state index in [4.69, 9.17) is 16.3 Å². The summed E-state index contributed by atoms with van der Waals surface area (Å²) in [6, 6.07) is 18.8. The number of rotatable bonds is 5. The molecule has 0 saturated carbocycles.